The summed E-state index contributed by atoms with van der Waals surface area (Å²) in [5.74, 6) is -0.940. The Kier molecular flexibility index (Phi) is 5.75. The van der Waals surface area contributed by atoms with Crippen LogP contribution in [0.25, 0.3) is 11.1 Å². The van der Waals surface area contributed by atoms with Crippen molar-refractivity contribution in [1.29, 1.82) is 0 Å². The van der Waals surface area contributed by atoms with Crippen LogP contribution in [0.15, 0.2) is 73.1 Å². The van der Waals surface area contributed by atoms with Crippen molar-refractivity contribution in [3.8, 4) is 11.1 Å². The molecule has 0 saturated carbocycles. The summed E-state index contributed by atoms with van der Waals surface area (Å²) in [4.78, 5) is 27.5. The number of carboxylic acids is 1. The second kappa shape index (κ2) is 8.78. The Bertz CT molecular complexity index is 1010. The lowest BCUT2D eigenvalue weighted by Gasteiger charge is -2.20. The van der Waals surface area contributed by atoms with Crippen LogP contribution in [0.4, 0.5) is 4.79 Å². The van der Waals surface area contributed by atoms with Crippen molar-refractivity contribution in [2.75, 3.05) is 6.61 Å². The molecule has 2 aromatic carbocycles. The molecule has 1 atom stereocenters. The summed E-state index contributed by atoms with van der Waals surface area (Å²) < 4.78 is 5.59. The summed E-state index contributed by atoms with van der Waals surface area (Å²) in [6.07, 6.45) is 2.87. The van der Waals surface area contributed by atoms with Gasteiger partial charge in [-0.1, -0.05) is 48.5 Å². The summed E-state index contributed by atoms with van der Waals surface area (Å²) in [7, 11) is 0. The van der Waals surface area contributed by atoms with E-state index in [1.54, 1.807) is 24.5 Å². The van der Waals surface area contributed by atoms with Gasteiger partial charge in [0.05, 0.1) is 6.04 Å². The first-order chi connectivity index (χ1) is 14.6. The van der Waals surface area contributed by atoms with Crippen molar-refractivity contribution >= 4 is 12.1 Å². The number of carbonyl (C=O) groups excluding carboxylic acids is 1. The highest BCUT2D eigenvalue weighted by Gasteiger charge is 2.29. The molecule has 30 heavy (non-hydrogen) atoms. The maximum atomic E-state index is 12.6. The zero-order chi connectivity index (χ0) is 20.9. The van der Waals surface area contributed by atoms with E-state index in [0.717, 1.165) is 16.7 Å². The number of aliphatic carboxylic acids is 1. The van der Waals surface area contributed by atoms with Crippen LogP contribution in [-0.4, -0.2) is 28.8 Å². The highest BCUT2D eigenvalue weighted by atomic mass is 16.5. The standard InChI is InChI=1S/C24H22N2O4/c27-23(28)10-9-22(16-11-13-25-14-12-16)26-24(29)30-15-21-19-7-3-1-5-17(19)18-6-2-4-8-20(18)21/h1-8,11-14,21-22H,9-10,15H2,(H,26,29)(H,27,28)/t22-/m1/s1. The molecule has 1 heterocycles. The lowest BCUT2D eigenvalue weighted by atomic mass is 9.98. The third-order valence-corrected chi connectivity index (χ3v) is 5.39. The lowest BCUT2D eigenvalue weighted by molar-refractivity contribution is -0.137. The number of ether oxygens (including phenoxy) is 1. The predicted octanol–water partition coefficient (Wildman–Crippen LogP) is 4.53. The van der Waals surface area contributed by atoms with Crippen LogP contribution in [0, 0.1) is 0 Å². The summed E-state index contributed by atoms with van der Waals surface area (Å²) in [6.45, 7) is 0.210. The quantitative estimate of drug-likeness (QED) is 0.606. The van der Waals surface area contributed by atoms with Crippen LogP contribution in [0.2, 0.25) is 0 Å². The van der Waals surface area contributed by atoms with Gasteiger partial charge >= 0.3 is 12.1 Å². The zero-order valence-electron chi connectivity index (χ0n) is 16.3. The smallest absolute Gasteiger partial charge is 0.407 e. The maximum Gasteiger partial charge on any atom is 0.407 e. The fourth-order valence-electron chi connectivity index (χ4n) is 3.97. The van der Waals surface area contributed by atoms with Crippen molar-refractivity contribution in [3.05, 3.63) is 89.7 Å². The molecule has 0 bridgehead atoms. The number of hydrogen-bond donors (Lipinski definition) is 2. The molecule has 0 spiro atoms. The van der Waals surface area contributed by atoms with E-state index in [1.807, 2.05) is 24.3 Å². The molecule has 0 fully saturated rings. The van der Waals surface area contributed by atoms with Gasteiger partial charge in [0.2, 0.25) is 0 Å². The summed E-state index contributed by atoms with van der Waals surface area (Å²) >= 11 is 0. The monoisotopic (exact) mass is 402 g/mol. The Balaban J connectivity index is 1.45. The minimum Gasteiger partial charge on any atom is -0.481 e. The number of fused-ring (bicyclic) bond motifs is 3. The van der Waals surface area contributed by atoms with Crippen LogP contribution in [0.1, 0.15) is 41.5 Å². The van der Waals surface area contributed by atoms with E-state index in [9.17, 15) is 9.59 Å². The Labute approximate surface area is 174 Å². The van der Waals surface area contributed by atoms with Crippen LogP contribution in [-0.2, 0) is 9.53 Å². The van der Waals surface area contributed by atoms with E-state index < -0.39 is 18.1 Å². The van der Waals surface area contributed by atoms with Crippen LogP contribution in [0.3, 0.4) is 0 Å². The Morgan fingerprint density at radius 3 is 2.17 bits per heavy atom. The number of rotatable bonds is 7. The first kappa shape index (κ1) is 19.6. The molecule has 0 aliphatic heterocycles. The normalized spacial score (nSPS) is 13.2. The molecule has 1 aliphatic rings. The Morgan fingerprint density at radius 1 is 0.967 bits per heavy atom. The summed E-state index contributed by atoms with van der Waals surface area (Å²) in [6, 6.07) is 19.3. The van der Waals surface area contributed by atoms with Gasteiger partial charge in [-0.2, -0.15) is 0 Å². The number of pyridine rings is 1. The number of amides is 1. The number of aromatic nitrogens is 1. The highest BCUT2D eigenvalue weighted by Crippen LogP contribution is 2.44. The van der Waals surface area contributed by atoms with Gasteiger partial charge < -0.3 is 15.2 Å². The molecule has 6 nitrogen and oxygen atoms in total. The SMILES string of the molecule is O=C(O)CC[C@@H](NC(=O)OCC1c2ccccc2-c2ccccc21)c1ccncc1. The molecule has 2 N–H and O–H groups in total. The molecule has 152 valence electrons. The first-order valence-electron chi connectivity index (χ1n) is 9.86. The number of nitrogens with one attached hydrogen (secondary N) is 1. The molecular formula is C24H22N2O4. The minimum atomic E-state index is -0.914. The van der Waals surface area contributed by atoms with Gasteiger partial charge in [0, 0.05) is 24.7 Å². The fraction of sp³-hybridized carbons (Fsp3) is 0.208. The zero-order valence-corrected chi connectivity index (χ0v) is 16.3. The molecule has 3 aromatic rings. The minimum absolute atomic E-state index is 0.0263. The molecule has 1 aromatic heterocycles. The third-order valence-electron chi connectivity index (χ3n) is 5.39. The van der Waals surface area contributed by atoms with E-state index in [0.29, 0.717) is 0 Å². The number of alkyl carbamates (subject to hydrolysis) is 1. The molecule has 1 aliphatic carbocycles. The van der Waals surface area contributed by atoms with E-state index in [-0.39, 0.29) is 25.4 Å². The number of nitrogens with zero attached hydrogens (tertiary/aromatic N) is 1. The van der Waals surface area contributed by atoms with Crippen LogP contribution >= 0.6 is 0 Å². The average Bonchev–Trinajstić information content (AvgIpc) is 3.09. The van der Waals surface area contributed by atoms with Crippen molar-refractivity contribution < 1.29 is 19.4 Å². The van der Waals surface area contributed by atoms with Crippen molar-refractivity contribution in [1.82, 2.24) is 10.3 Å². The van der Waals surface area contributed by atoms with Gasteiger partial charge in [-0.15, -0.1) is 0 Å². The van der Waals surface area contributed by atoms with Crippen molar-refractivity contribution in [2.24, 2.45) is 0 Å². The molecule has 0 radical (unpaired) electrons. The molecule has 1 amide bonds. The molecule has 4 rings (SSSR count). The van der Waals surface area contributed by atoms with Gasteiger partial charge in [0.1, 0.15) is 6.61 Å². The average molecular weight is 402 g/mol. The fourth-order valence-corrected chi connectivity index (χ4v) is 3.97. The number of hydrogen-bond acceptors (Lipinski definition) is 4. The number of carbonyl (C=O) groups is 2. The largest absolute Gasteiger partial charge is 0.481 e. The Morgan fingerprint density at radius 2 is 1.57 bits per heavy atom. The van der Waals surface area contributed by atoms with Gasteiger partial charge in [0.25, 0.3) is 0 Å². The lowest BCUT2D eigenvalue weighted by Crippen LogP contribution is -2.30. The summed E-state index contributed by atoms with van der Waals surface area (Å²) in [5.41, 5.74) is 5.40. The molecular weight excluding hydrogens is 380 g/mol. The highest BCUT2D eigenvalue weighted by molar-refractivity contribution is 5.79. The van der Waals surface area contributed by atoms with E-state index in [1.165, 1.54) is 11.1 Å². The van der Waals surface area contributed by atoms with Gasteiger partial charge in [-0.05, 0) is 46.4 Å². The van der Waals surface area contributed by atoms with E-state index >= 15 is 0 Å². The van der Waals surface area contributed by atoms with Crippen molar-refractivity contribution in [2.45, 2.75) is 24.8 Å². The van der Waals surface area contributed by atoms with Crippen LogP contribution < -0.4 is 5.32 Å². The Hall–Kier alpha value is -3.67. The second-order valence-corrected chi connectivity index (χ2v) is 7.24. The molecule has 0 unspecified atom stereocenters. The van der Waals surface area contributed by atoms with Gasteiger partial charge in [-0.25, -0.2) is 4.79 Å². The van der Waals surface area contributed by atoms with Gasteiger partial charge in [-0.3, -0.25) is 9.78 Å². The number of benzene rings is 2. The topological polar surface area (TPSA) is 88.5 Å². The van der Waals surface area contributed by atoms with E-state index in [2.05, 4.69) is 34.6 Å². The van der Waals surface area contributed by atoms with Crippen molar-refractivity contribution in [3.63, 3.8) is 0 Å². The second-order valence-electron chi connectivity index (χ2n) is 7.24. The number of carboxylic acid groups (broad SMARTS) is 1. The molecule has 6 heteroatoms. The third kappa shape index (κ3) is 4.17. The predicted molar refractivity (Wildman–Crippen MR) is 112 cm³/mol. The maximum absolute atomic E-state index is 12.6. The first-order valence-corrected chi connectivity index (χ1v) is 9.86. The summed E-state index contributed by atoms with van der Waals surface area (Å²) in [5, 5.41) is 11.8. The van der Waals surface area contributed by atoms with Crippen LogP contribution in [0.5, 0.6) is 0 Å². The van der Waals surface area contributed by atoms with Gasteiger partial charge in [0.15, 0.2) is 0 Å². The van der Waals surface area contributed by atoms with E-state index in [4.69, 9.17) is 9.84 Å². The molecule has 0 saturated heterocycles.